The van der Waals surface area contributed by atoms with Crippen LogP contribution in [-0.2, 0) is 20.8 Å². The van der Waals surface area contributed by atoms with E-state index in [0.29, 0.717) is 34.7 Å². The van der Waals surface area contributed by atoms with E-state index >= 15 is 0 Å². The summed E-state index contributed by atoms with van der Waals surface area (Å²) < 4.78 is 5.15. The van der Waals surface area contributed by atoms with Gasteiger partial charge in [-0.2, -0.15) is 0 Å². The van der Waals surface area contributed by atoms with Crippen molar-refractivity contribution in [2.45, 2.75) is 33.1 Å². The van der Waals surface area contributed by atoms with Gasteiger partial charge in [-0.15, -0.1) is 11.3 Å². The Labute approximate surface area is 165 Å². The van der Waals surface area contributed by atoms with Gasteiger partial charge in [0.15, 0.2) is 0 Å². The van der Waals surface area contributed by atoms with E-state index < -0.39 is 11.9 Å². The summed E-state index contributed by atoms with van der Waals surface area (Å²) >= 11 is 1.23. The Bertz CT molecular complexity index is 937. The highest BCUT2D eigenvalue weighted by molar-refractivity contribution is 7.19. The van der Waals surface area contributed by atoms with Gasteiger partial charge >= 0.3 is 11.9 Å². The van der Waals surface area contributed by atoms with Crippen molar-refractivity contribution in [2.75, 3.05) is 11.9 Å². The van der Waals surface area contributed by atoms with Crippen molar-refractivity contribution in [3.8, 4) is 0 Å². The van der Waals surface area contributed by atoms with Crippen LogP contribution in [0.25, 0.3) is 0 Å². The molecule has 8 nitrogen and oxygen atoms in total. The van der Waals surface area contributed by atoms with Crippen LogP contribution in [0.1, 0.15) is 57.8 Å². The molecule has 3 rings (SSSR count). The molecule has 0 unspecified atom stereocenters. The average molecular weight is 401 g/mol. The number of carbonyl (C=O) groups is 3. The van der Waals surface area contributed by atoms with Crippen LogP contribution in [0.2, 0.25) is 0 Å². The molecule has 0 saturated heterocycles. The Morgan fingerprint density at radius 1 is 1.29 bits per heavy atom. The SMILES string of the molecule is CCOC(=O)c1c(NC(C)=O)sc2c1CCC/C2=N\OC(=O)c1cccnc1. The fourth-order valence-electron chi connectivity index (χ4n) is 2.87. The molecule has 2 heterocycles. The highest BCUT2D eigenvalue weighted by atomic mass is 32.1. The predicted molar refractivity (Wildman–Crippen MR) is 104 cm³/mol. The zero-order valence-corrected chi connectivity index (χ0v) is 16.3. The molecular weight excluding hydrogens is 382 g/mol. The number of hydrogen-bond acceptors (Lipinski definition) is 8. The second kappa shape index (κ2) is 8.75. The molecule has 1 N–H and O–H groups in total. The lowest BCUT2D eigenvalue weighted by Gasteiger charge is -2.14. The summed E-state index contributed by atoms with van der Waals surface area (Å²) in [6, 6.07) is 3.22. The fraction of sp³-hybridized carbons (Fsp3) is 0.316. The molecule has 146 valence electrons. The van der Waals surface area contributed by atoms with E-state index in [1.807, 2.05) is 0 Å². The first-order chi connectivity index (χ1) is 13.5. The van der Waals surface area contributed by atoms with Crippen molar-refractivity contribution in [3.05, 3.63) is 46.1 Å². The number of carbonyl (C=O) groups excluding carboxylic acids is 3. The number of pyridine rings is 1. The van der Waals surface area contributed by atoms with E-state index in [-0.39, 0.29) is 12.5 Å². The third-order valence-electron chi connectivity index (χ3n) is 4.01. The maximum Gasteiger partial charge on any atom is 0.367 e. The quantitative estimate of drug-likeness (QED) is 0.468. The van der Waals surface area contributed by atoms with Crippen LogP contribution in [0.5, 0.6) is 0 Å². The second-order valence-electron chi connectivity index (χ2n) is 6.03. The van der Waals surface area contributed by atoms with Gasteiger partial charge in [0.2, 0.25) is 5.91 Å². The van der Waals surface area contributed by atoms with Gasteiger partial charge in [0.05, 0.1) is 28.3 Å². The van der Waals surface area contributed by atoms with E-state index in [9.17, 15) is 14.4 Å². The molecule has 0 radical (unpaired) electrons. The predicted octanol–water partition coefficient (Wildman–Crippen LogP) is 3.18. The minimum absolute atomic E-state index is 0.229. The molecule has 0 saturated carbocycles. The molecule has 0 fully saturated rings. The standard InChI is InChI=1S/C19H19N3O5S/c1-3-26-19(25)15-13-7-4-8-14(16(13)28-17(15)21-11(2)23)22-27-18(24)12-6-5-9-20-10-12/h5-6,9-10H,3-4,7-8H2,1-2H3,(H,21,23)/b22-14+. The van der Waals surface area contributed by atoms with Crippen LogP contribution in [0.15, 0.2) is 29.7 Å². The average Bonchev–Trinajstić information content (AvgIpc) is 3.04. The molecule has 0 atom stereocenters. The maximum atomic E-state index is 12.4. The molecule has 28 heavy (non-hydrogen) atoms. The van der Waals surface area contributed by atoms with Gasteiger partial charge in [0.25, 0.3) is 0 Å². The molecule has 1 aliphatic carbocycles. The number of anilines is 1. The lowest BCUT2D eigenvalue weighted by Crippen LogP contribution is -2.16. The topological polar surface area (TPSA) is 107 Å². The molecule has 0 aromatic carbocycles. The molecule has 0 bridgehead atoms. The number of esters is 1. The minimum atomic E-state index is -0.614. The van der Waals surface area contributed by atoms with E-state index in [4.69, 9.17) is 9.57 Å². The van der Waals surface area contributed by atoms with E-state index in [2.05, 4.69) is 15.5 Å². The molecule has 1 aliphatic rings. The number of oxime groups is 1. The summed E-state index contributed by atoms with van der Waals surface area (Å²) in [5.74, 6) is -1.39. The number of rotatable bonds is 5. The van der Waals surface area contributed by atoms with Gasteiger partial charge < -0.3 is 14.9 Å². The molecule has 2 aromatic rings. The normalized spacial score (nSPS) is 14.3. The summed E-state index contributed by atoms with van der Waals surface area (Å²) in [6.45, 7) is 3.32. The maximum absolute atomic E-state index is 12.4. The minimum Gasteiger partial charge on any atom is -0.462 e. The number of aromatic nitrogens is 1. The van der Waals surface area contributed by atoms with Crippen LogP contribution < -0.4 is 5.32 Å². The number of fused-ring (bicyclic) bond motifs is 1. The van der Waals surface area contributed by atoms with Crippen LogP contribution in [0, 0.1) is 0 Å². The van der Waals surface area contributed by atoms with E-state index in [1.165, 1.54) is 24.5 Å². The first-order valence-electron chi connectivity index (χ1n) is 8.80. The van der Waals surface area contributed by atoms with E-state index in [0.717, 1.165) is 16.9 Å². The smallest absolute Gasteiger partial charge is 0.367 e. The van der Waals surface area contributed by atoms with Crippen LogP contribution in [-0.4, -0.2) is 35.1 Å². The van der Waals surface area contributed by atoms with Gasteiger partial charge in [-0.1, -0.05) is 5.16 Å². The lowest BCUT2D eigenvalue weighted by atomic mass is 9.94. The van der Waals surface area contributed by atoms with Crippen molar-refractivity contribution >= 4 is 39.9 Å². The van der Waals surface area contributed by atoms with Crippen molar-refractivity contribution in [1.82, 2.24) is 4.98 Å². The Hall–Kier alpha value is -3.07. The number of ether oxygens (including phenoxy) is 1. The summed E-state index contributed by atoms with van der Waals surface area (Å²) in [6.07, 6.45) is 4.93. The van der Waals surface area contributed by atoms with Gasteiger partial charge in [-0.25, -0.2) is 9.59 Å². The van der Waals surface area contributed by atoms with Crippen molar-refractivity contribution in [3.63, 3.8) is 0 Å². The van der Waals surface area contributed by atoms with Crippen molar-refractivity contribution < 1.29 is 24.0 Å². The number of nitrogens with zero attached hydrogens (tertiary/aromatic N) is 2. The largest absolute Gasteiger partial charge is 0.462 e. The van der Waals surface area contributed by atoms with Crippen LogP contribution in [0.3, 0.4) is 0 Å². The highest BCUT2D eigenvalue weighted by Gasteiger charge is 2.30. The Kier molecular flexibility index (Phi) is 6.15. The molecule has 0 aliphatic heterocycles. The van der Waals surface area contributed by atoms with Crippen molar-refractivity contribution in [2.24, 2.45) is 5.16 Å². The number of thiophene rings is 1. The monoisotopic (exact) mass is 401 g/mol. The first kappa shape index (κ1) is 19.7. The van der Waals surface area contributed by atoms with Gasteiger partial charge in [-0.3, -0.25) is 9.78 Å². The zero-order chi connectivity index (χ0) is 20.1. The summed E-state index contributed by atoms with van der Waals surface area (Å²) in [5.41, 5.74) is 1.96. The summed E-state index contributed by atoms with van der Waals surface area (Å²) in [4.78, 5) is 45.8. The van der Waals surface area contributed by atoms with Gasteiger partial charge in [0.1, 0.15) is 5.00 Å². The number of hydrogen-bond donors (Lipinski definition) is 1. The van der Waals surface area contributed by atoms with Gasteiger partial charge in [0, 0.05) is 19.3 Å². The summed E-state index contributed by atoms with van der Waals surface area (Å²) in [7, 11) is 0. The fourth-order valence-corrected chi connectivity index (χ4v) is 4.16. The molecule has 1 amide bonds. The van der Waals surface area contributed by atoms with Crippen LogP contribution in [0.4, 0.5) is 5.00 Å². The van der Waals surface area contributed by atoms with Gasteiger partial charge in [-0.05, 0) is 43.9 Å². The van der Waals surface area contributed by atoms with Crippen LogP contribution >= 0.6 is 11.3 Å². The summed E-state index contributed by atoms with van der Waals surface area (Å²) in [5, 5.41) is 7.13. The Morgan fingerprint density at radius 2 is 2.11 bits per heavy atom. The second-order valence-corrected chi connectivity index (χ2v) is 7.05. The zero-order valence-electron chi connectivity index (χ0n) is 15.5. The lowest BCUT2D eigenvalue weighted by molar-refractivity contribution is -0.114. The molecular formula is C19H19N3O5S. The Balaban J connectivity index is 1.93. The Morgan fingerprint density at radius 3 is 2.79 bits per heavy atom. The third-order valence-corrected chi connectivity index (χ3v) is 5.21. The molecule has 2 aromatic heterocycles. The number of amides is 1. The third kappa shape index (κ3) is 4.25. The first-order valence-corrected chi connectivity index (χ1v) is 9.61. The molecule has 0 spiro atoms. The van der Waals surface area contributed by atoms with Crippen molar-refractivity contribution in [1.29, 1.82) is 0 Å². The highest BCUT2D eigenvalue weighted by Crippen LogP contribution is 2.39. The molecule has 9 heteroatoms. The number of nitrogens with one attached hydrogen (secondary N) is 1. The van der Waals surface area contributed by atoms with E-state index in [1.54, 1.807) is 25.3 Å².